The van der Waals surface area contributed by atoms with Crippen LogP contribution in [0, 0.1) is 0 Å². The Morgan fingerprint density at radius 1 is 1.21 bits per heavy atom. The van der Waals surface area contributed by atoms with Crippen molar-refractivity contribution < 1.29 is 18.3 Å². The van der Waals surface area contributed by atoms with E-state index in [0.29, 0.717) is 19.8 Å². The molecule has 0 saturated carbocycles. The topological polar surface area (TPSA) is 30.5 Å². The van der Waals surface area contributed by atoms with E-state index in [0.717, 1.165) is 18.5 Å². The molecule has 0 bridgehead atoms. The first kappa shape index (κ1) is 15.6. The maximum Gasteiger partial charge on any atom is 0.387 e. The molecule has 1 N–H and O–H groups in total. The highest BCUT2D eigenvalue weighted by Gasteiger charge is 2.03. The SMILES string of the molecule is C=CCCOCCNCc1ccc(OC(F)F)cc1. The van der Waals surface area contributed by atoms with Gasteiger partial charge in [0.25, 0.3) is 0 Å². The Morgan fingerprint density at radius 2 is 1.95 bits per heavy atom. The molecule has 1 rings (SSSR count). The number of hydrogen-bond acceptors (Lipinski definition) is 3. The normalized spacial score (nSPS) is 10.7. The Balaban J connectivity index is 2.14. The number of hydrogen-bond donors (Lipinski definition) is 1. The third kappa shape index (κ3) is 7.54. The summed E-state index contributed by atoms with van der Waals surface area (Å²) in [5, 5.41) is 3.20. The lowest BCUT2D eigenvalue weighted by atomic mass is 10.2. The molecule has 0 radical (unpaired) electrons. The van der Waals surface area contributed by atoms with E-state index in [4.69, 9.17) is 4.74 Å². The van der Waals surface area contributed by atoms with Gasteiger partial charge in [0.2, 0.25) is 0 Å². The van der Waals surface area contributed by atoms with Gasteiger partial charge in [0.1, 0.15) is 5.75 Å². The highest BCUT2D eigenvalue weighted by Crippen LogP contribution is 2.14. The van der Waals surface area contributed by atoms with E-state index in [9.17, 15) is 8.78 Å². The molecular weight excluding hydrogens is 252 g/mol. The molecule has 0 atom stereocenters. The second kappa shape index (κ2) is 9.47. The summed E-state index contributed by atoms with van der Waals surface area (Å²) in [6, 6.07) is 6.57. The average Bonchev–Trinajstić information content (AvgIpc) is 2.39. The third-order valence-electron chi connectivity index (χ3n) is 2.37. The van der Waals surface area contributed by atoms with Gasteiger partial charge < -0.3 is 14.8 Å². The van der Waals surface area contributed by atoms with E-state index in [1.165, 1.54) is 12.1 Å². The molecule has 0 amide bonds. The Bertz CT molecular complexity index is 355. The number of alkyl halides is 2. The Kier molecular flexibility index (Phi) is 7.77. The van der Waals surface area contributed by atoms with E-state index in [-0.39, 0.29) is 5.75 Å². The van der Waals surface area contributed by atoms with Crippen molar-refractivity contribution in [2.75, 3.05) is 19.8 Å². The van der Waals surface area contributed by atoms with Crippen LogP contribution in [0.25, 0.3) is 0 Å². The summed E-state index contributed by atoms with van der Waals surface area (Å²) in [6.45, 7) is 3.56. The van der Waals surface area contributed by atoms with Crippen molar-refractivity contribution >= 4 is 0 Å². The average molecular weight is 271 g/mol. The summed E-state index contributed by atoms with van der Waals surface area (Å²) < 4.78 is 33.5. The van der Waals surface area contributed by atoms with Crippen LogP contribution in [0.5, 0.6) is 5.75 Å². The van der Waals surface area contributed by atoms with Crippen LogP contribution in [-0.2, 0) is 11.3 Å². The van der Waals surface area contributed by atoms with Gasteiger partial charge in [-0.05, 0) is 24.1 Å². The molecule has 1 aromatic rings. The van der Waals surface area contributed by atoms with Crippen LogP contribution in [0.3, 0.4) is 0 Å². The fourth-order valence-corrected chi connectivity index (χ4v) is 1.43. The lowest BCUT2D eigenvalue weighted by Gasteiger charge is -2.07. The minimum atomic E-state index is -2.78. The van der Waals surface area contributed by atoms with Gasteiger partial charge in [-0.25, -0.2) is 0 Å². The van der Waals surface area contributed by atoms with Crippen LogP contribution in [0.15, 0.2) is 36.9 Å². The van der Waals surface area contributed by atoms with Gasteiger partial charge in [0.15, 0.2) is 0 Å². The molecule has 1 aromatic carbocycles. The number of halogens is 2. The van der Waals surface area contributed by atoms with Crippen LogP contribution < -0.4 is 10.1 Å². The van der Waals surface area contributed by atoms with Gasteiger partial charge in [-0.3, -0.25) is 0 Å². The first-order chi connectivity index (χ1) is 9.22. The molecule has 0 heterocycles. The predicted octanol–water partition coefficient (Wildman–Crippen LogP) is 2.97. The molecule has 106 valence electrons. The first-order valence-corrected chi connectivity index (χ1v) is 6.15. The van der Waals surface area contributed by atoms with Crippen LogP contribution in [0.1, 0.15) is 12.0 Å². The molecule has 0 aliphatic rings. The summed E-state index contributed by atoms with van der Waals surface area (Å²) in [6.07, 6.45) is 2.67. The summed E-state index contributed by atoms with van der Waals surface area (Å²) in [7, 11) is 0. The number of nitrogens with one attached hydrogen (secondary N) is 1. The Hall–Kier alpha value is -1.46. The van der Waals surface area contributed by atoms with E-state index < -0.39 is 6.61 Å². The molecule has 0 fully saturated rings. The zero-order chi connectivity index (χ0) is 13.9. The Morgan fingerprint density at radius 3 is 2.58 bits per heavy atom. The van der Waals surface area contributed by atoms with E-state index >= 15 is 0 Å². The van der Waals surface area contributed by atoms with E-state index in [1.807, 2.05) is 6.08 Å². The molecule has 19 heavy (non-hydrogen) atoms. The van der Waals surface area contributed by atoms with Gasteiger partial charge in [-0.1, -0.05) is 18.2 Å². The fraction of sp³-hybridized carbons (Fsp3) is 0.429. The molecular formula is C14H19F2NO2. The minimum Gasteiger partial charge on any atom is -0.435 e. The molecule has 0 unspecified atom stereocenters. The van der Waals surface area contributed by atoms with Gasteiger partial charge in [-0.2, -0.15) is 8.78 Å². The van der Waals surface area contributed by atoms with Crippen molar-refractivity contribution in [3.8, 4) is 5.75 Å². The second-order valence-corrected chi connectivity index (χ2v) is 3.89. The zero-order valence-electron chi connectivity index (χ0n) is 10.8. The lowest BCUT2D eigenvalue weighted by molar-refractivity contribution is -0.0498. The molecule has 0 saturated heterocycles. The van der Waals surface area contributed by atoms with Crippen molar-refractivity contribution in [3.05, 3.63) is 42.5 Å². The van der Waals surface area contributed by atoms with Crippen molar-refractivity contribution in [1.29, 1.82) is 0 Å². The molecule has 3 nitrogen and oxygen atoms in total. The quantitative estimate of drug-likeness (QED) is 0.524. The summed E-state index contributed by atoms with van der Waals surface area (Å²) in [5.41, 5.74) is 1.01. The number of ether oxygens (including phenoxy) is 2. The molecule has 0 spiro atoms. The van der Waals surface area contributed by atoms with E-state index in [1.54, 1.807) is 12.1 Å². The largest absolute Gasteiger partial charge is 0.435 e. The van der Waals surface area contributed by atoms with Crippen molar-refractivity contribution in [3.63, 3.8) is 0 Å². The maximum absolute atomic E-state index is 11.9. The zero-order valence-corrected chi connectivity index (χ0v) is 10.8. The van der Waals surface area contributed by atoms with Crippen LogP contribution in [-0.4, -0.2) is 26.4 Å². The number of benzene rings is 1. The smallest absolute Gasteiger partial charge is 0.387 e. The molecule has 0 aliphatic heterocycles. The minimum absolute atomic E-state index is 0.173. The van der Waals surface area contributed by atoms with Crippen LogP contribution in [0.2, 0.25) is 0 Å². The first-order valence-electron chi connectivity index (χ1n) is 6.15. The monoisotopic (exact) mass is 271 g/mol. The summed E-state index contributed by atoms with van der Waals surface area (Å²) in [5.74, 6) is 0.173. The highest BCUT2D eigenvalue weighted by molar-refractivity contribution is 5.27. The van der Waals surface area contributed by atoms with Gasteiger partial charge in [-0.15, -0.1) is 6.58 Å². The summed E-state index contributed by atoms with van der Waals surface area (Å²) in [4.78, 5) is 0. The highest BCUT2D eigenvalue weighted by atomic mass is 19.3. The standard InChI is InChI=1S/C14H19F2NO2/c1-2-3-9-18-10-8-17-11-12-4-6-13(7-5-12)19-14(15)16/h2,4-7,14,17H,1,3,8-11H2. The van der Waals surface area contributed by atoms with Gasteiger partial charge >= 0.3 is 6.61 Å². The Labute approximate surface area is 112 Å². The third-order valence-corrected chi connectivity index (χ3v) is 2.37. The summed E-state index contributed by atoms with van der Waals surface area (Å²) >= 11 is 0. The van der Waals surface area contributed by atoms with Gasteiger partial charge in [0.05, 0.1) is 13.2 Å². The van der Waals surface area contributed by atoms with Crippen molar-refractivity contribution in [2.45, 2.75) is 19.6 Å². The van der Waals surface area contributed by atoms with Crippen LogP contribution in [0.4, 0.5) is 8.78 Å². The lowest BCUT2D eigenvalue weighted by Crippen LogP contribution is -2.19. The number of rotatable bonds is 10. The molecule has 0 aliphatic carbocycles. The van der Waals surface area contributed by atoms with Gasteiger partial charge in [0, 0.05) is 13.1 Å². The van der Waals surface area contributed by atoms with E-state index in [2.05, 4.69) is 16.6 Å². The maximum atomic E-state index is 11.9. The fourth-order valence-electron chi connectivity index (χ4n) is 1.43. The van der Waals surface area contributed by atoms with Crippen molar-refractivity contribution in [2.24, 2.45) is 0 Å². The van der Waals surface area contributed by atoms with Crippen molar-refractivity contribution in [1.82, 2.24) is 5.32 Å². The van der Waals surface area contributed by atoms with Crippen LogP contribution >= 0.6 is 0 Å². The second-order valence-electron chi connectivity index (χ2n) is 3.89. The molecule has 5 heteroatoms. The predicted molar refractivity (Wildman–Crippen MR) is 70.4 cm³/mol. The molecule has 0 aromatic heterocycles.